The highest BCUT2D eigenvalue weighted by Crippen LogP contribution is 2.38. The van der Waals surface area contributed by atoms with Crippen LogP contribution in [0.15, 0.2) is 36.5 Å². The third kappa shape index (κ3) is 1.84. The van der Waals surface area contributed by atoms with E-state index in [2.05, 4.69) is 4.98 Å². The molecule has 4 nitrogen and oxygen atoms in total. The molecule has 0 saturated carbocycles. The highest BCUT2D eigenvalue weighted by Gasteiger charge is 2.19. The van der Waals surface area contributed by atoms with Gasteiger partial charge in [-0.25, -0.2) is 4.79 Å². The van der Waals surface area contributed by atoms with Gasteiger partial charge in [0.2, 0.25) is 0 Å². The van der Waals surface area contributed by atoms with Crippen molar-refractivity contribution in [1.82, 2.24) is 4.98 Å². The Balaban J connectivity index is 2.26. The summed E-state index contributed by atoms with van der Waals surface area (Å²) in [5.41, 5.74) is 2.85. The number of carbonyl (C=O) groups excluding carboxylic acids is 1. The number of hydrogen-bond donors (Lipinski definition) is 2. The maximum Gasteiger partial charge on any atom is 0.346 e. The molecule has 1 aromatic carbocycles. The largest absolute Gasteiger partial charge is 0.477 e. The molecule has 5 heteroatoms. The number of H-pyrrole nitrogens is 1. The van der Waals surface area contributed by atoms with E-state index in [9.17, 15) is 14.7 Å². The van der Waals surface area contributed by atoms with Crippen LogP contribution in [-0.2, 0) is 0 Å². The van der Waals surface area contributed by atoms with E-state index >= 15 is 0 Å². The quantitative estimate of drug-likeness (QED) is 0.717. The van der Waals surface area contributed by atoms with Crippen molar-refractivity contribution in [3.05, 3.63) is 47.0 Å². The van der Waals surface area contributed by atoms with Crippen molar-refractivity contribution in [2.24, 2.45) is 0 Å². The monoisotopic (exact) mass is 271 g/mol. The van der Waals surface area contributed by atoms with Crippen molar-refractivity contribution in [2.45, 2.75) is 0 Å². The van der Waals surface area contributed by atoms with E-state index in [0.717, 1.165) is 22.1 Å². The van der Waals surface area contributed by atoms with Crippen molar-refractivity contribution >= 4 is 33.8 Å². The number of rotatable bonds is 3. The normalized spacial score (nSPS) is 10.7. The Morgan fingerprint density at radius 1 is 1.21 bits per heavy atom. The molecule has 0 aliphatic rings. The topological polar surface area (TPSA) is 70.2 Å². The van der Waals surface area contributed by atoms with Crippen LogP contribution in [0, 0.1) is 0 Å². The minimum Gasteiger partial charge on any atom is -0.477 e. The number of aromatic nitrogens is 1. The molecule has 2 aromatic heterocycles. The summed E-state index contributed by atoms with van der Waals surface area (Å²) < 4.78 is 0.909. The number of nitrogens with one attached hydrogen (secondary N) is 1. The number of hydrogen-bond acceptors (Lipinski definition) is 3. The smallest absolute Gasteiger partial charge is 0.346 e. The second-order valence-corrected chi connectivity index (χ2v) is 5.12. The highest BCUT2D eigenvalue weighted by atomic mass is 32.1. The van der Waals surface area contributed by atoms with Crippen molar-refractivity contribution in [3.8, 4) is 11.1 Å². The summed E-state index contributed by atoms with van der Waals surface area (Å²) in [6, 6.07) is 8.74. The molecule has 0 radical (unpaired) electrons. The maximum atomic E-state index is 11.3. The summed E-state index contributed by atoms with van der Waals surface area (Å²) in [6.07, 6.45) is 2.55. The van der Waals surface area contributed by atoms with Crippen LogP contribution in [0.1, 0.15) is 20.0 Å². The lowest BCUT2D eigenvalue weighted by molar-refractivity contribution is 0.0703. The second-order valence-electron chi connectivity index (χ2n) is 4.07. The lowest BCUT2D eigenvalue weighted by Gasteiger charge is -2.02. The SMILES string of the molecule is O=Cc1ccc(-c2c(C(=O)O)sc3cc[nH]c23)cc1. The van der Waals surface area contributed by atoms with Crippen LogP contribution < -0.4 is 0 Å². The van der Waals surface area contributed by atoms with Gasteiger partial charge in [0.1, 0.15) is 11.2 Å². The number of aromatic carboxylic acids is 1. The summed E-state index contributed by atoms with van der Waals surface area (Å²) in [4.78, 5) is 25.4. The summed E-state index contributed by atoms with van der Waals surface area (Å²) in [5, 5.41) is 9.29. The van der Waals surface area contributed by atoms with E-state index < -0.39 is 5.97 Å². The van der Waals surface area contributed by atoms with Gasteiger partial charge in [0.05, 0.1) is 10.2 Å². The predicted octanol–water partition coefficient (Wildman–Crippen LogP) is 3.41. The Hall–Kier alpha value is -2.40. The van der Waals surface area contributed by atoms with E-state index in [1.165, 1.54) is 11.3 Å². The van der Waals surface area contributed by atoms with Gasteiger partial charge in [-0.2, -0.15) is 0 Å². The first-order valence-electron chi connectivity index (χ1n) is 5.59. The van der Waals surface area contributed by atoms with E-state index in [-0.39, 0.29) is 0 Å². The Bertz CT molecular complexity index is 768. The van der Waals surface area contributed by atoms with Gasteiger partial charge in [0.25, 0.3) is 0 Å². The number of aldehydes is 1. The van der Waals surface area contributed by atoms with Gasteiger partial charge >= 0.3 is 5.97 Å². The second kappa shape index (κ2) is 4.37. The number of carboxylic acid groups (broad SMARTS) is 1. The number of aromatic amines is 1. The summed E-state index contributed by atoms with van der Waals surface area (Å²) in [5.74, 6) is -0.941. The first-order valence-corrected chi connectivity index (χ1v) is 6.41. The molecule has 0 fully saturated rings. The standard InChI is InChI=1S/C14H9NO3S/c16-7-8-1-3-9(4-2-8)11-12-10(5-6-15-12)19-13(11)14(17)18/h1-7,15H,(H,17,18). The predicted molar refractivity (Wildman–Crippen MR) is 74.0 cm³/mol. The molecule has 0 aliphatic carbocycles. The van der Waals surface area contributed by atoms with E-state index in [1.807, 2.05) is 6.07 Å². The van der Waals surface area contributed by atoms with Crippen LogP contribution in [0.2, 0.25) is 0 Å². The number of fused-ring (bicyclic) bond motifs is 1. The molecule has 0 aliphatic heterocycles. The zero-order chi connectivity index (χ0) is 13.4. The van der Waals surface area contributed by atoms with Gasteiger partial charge in [0.15, 0.2) is 0 Å². The van der Waals surface area contributed by atoms with Crippen LogP contribution in [0.25, 0.3) is 21.3 Å². The third-order valence-corrected chi connectivity index (χ3v) is 4.07. The molecule has 0 atom stereocenters. The fraction of sp³-hybridized carbons (Fsp3) is 0. The zero-order valence-electron chi connectivity index (χ0n) is 9.71. The molecular weight excluding hydrogens is 262 g/mol. The van der Waals surface area contributed by atoms with Crippen molar-refractivity contribution in [1.29, 1.82) is 0 Å². The van der Waals surface area contributed by atoms with Gasteiger partial charge in [0, 0.05) is 17.3 Å². The molecule has 0 saturated heterocycles. The van der Waals surface area contributed by atoms with Gasteiger partial charge in [-0.3, -0.25) is 4.79 Å². The lowest BCUT2D eigenvalue weighted by atomic mass is 10.0. The van der Waals surface area contributed by atoms with E-state index in [4.69, 9.17) is 0 Å². The van der Waals surface area contributed by atoms with Crippen molar-refractivity contribution in [2.75, 3.05) is 0 Å². The van der Waals surface area contributed by atoms with Crippen LogP contribution in [0.3, 0.4) is 0 Å². The fourth-order valence-electron chi connectivity index (χ4n) is 2.06. The summed E-state index contributed by atoms with van der Waals surface area (Å²) in [6.45, 7) is 0. The Morgan fingerprint density at radius 3 is 2.58 bits per heavy atom. The lowest BCUT2D eigenvalue weighted by Crippen LogP contribution is -1.95. The molecular formula is C14H9NO3S. The zero-order valence-corrected chi connectivity index (χ0v) is 10.5. The minimum absolute atomic E-state index is 0.306. The number of thiophene rings is 1. The van der Waals surface area contributed by atoms with Gasteiger partial charge in [-0.1, -0.05) is 24.3 Å². The molecule has 2 heterocycles. The Labute approximate surface area is 112 Å². The van der Waals surface area contributed by atoms with Gasteiger partial charge in [-0.05, 0) is 11.6 Å². The molecule has 0 bridgehead atoms. The molecule has 2 N–H and O–H groups in total. The summed E-state index contributed by atoms with van der Waals surface area (Å²) in [7, 11) is 0. The molecule has 0 unspecified atom stereocenters. The van der Waals surface area contributed by atoms with Crippen LogP contribution in [0.5, 0.6) is 0 Å². The van der Waals surface area contributed by atoms with Crippen LogP contribution in [0.4, 0.5) is 0 Å². The number of carboxylic acids is 1. The highest BCUT2D eigenvalue weighted by molar-refractivity contribution is 7.21. The number of carbonyl (C=O) groups is 2. The Morgan fingerprint density at radius 2 is 1.95 bits per heavy atom. The summed E-state index contributed by atoms with van der Waals surface area (Å²) >= 11 is 1.24. The van der Waals surface area contributed by atoms with Gasteiger partial charge < -0.3 is 10.1 Å². The third-order valence-electron chi connectivity index (χ3n) is 2.93. The molecule has 0 amide bonds. The van der Waals surface area contributed by atoms with Crippen LogP contribution >= 0.6 is 11.3 Å². The first kappa shape index (κ1) is 11.7. The minimum atomic E-state index is -0.941. The van der Waals surface area contributed by atoms with Crippen molar-refractivity contribution < 1.29 is 14.7 Å². The Kier molecular flexibility index (Phi) is 2.68. The molecule has 3 aromatic rings. The van der Waals surface area contributed by atoms with Gasteiger partial charge in [-0.15, -0.1) is 11.3 Å². The fourth-order valence-corrected chi connectivity index (χ4v) is 3.09. The average Bonchev–Trinajstić information content (AvgIpc) is 2.98. The maximum absolute atomic E-state index is 11.3. The molecule has 3 rings (SSSR count). The van der Waals surface area contributed by atoms with Crippen LogP contribution in [-0.4, -0.2) is 22.3 Å². The molecule has 19 heavy (non-hydrogen) atoms. The first-order chi connectivity index (χ1) is 9.20. The van der Waals surface area contributed by atoms with Crippen molar-refractivity contribution in [3.63, 3.8) is 0 Å². The van der Waals surface area contributed by atoms with E-state index in [0.29, 0.717) is 16.0 Å². The molecule has 94 valence electrons. The average molecular weight is 271 g/mol. The molecule has 0 spiro atoms. The number of benzene rings is 1. The van der Waals surface area contributed by atoms with E-state index in [1.54, 1.807) is 30.5 Å².